The molecule has 4 N–H and O–H groups in total. The lowest BCUT2D eigenvalue weighted by atomic mass is 9.98. The van der Waals surface area contributed by atoms with Crippen LogP contribution in [-0.4, -0.2) is 47.9 Å². The summed E-state index contributed by atoms with van der Waals surface area (Å²) >= 11 is 1.27. The van der Waals surface area contributed by atoms with Gasteiger partial charge in [-0.15, -0.1) is 11.3 Å². The van der Waals surface area contributed by atoms with Gasteiger partial charge in [-0.1, -0.05) is 13.8 Å². The number of H-pyrrole nitrogens is 1. The normalized spacial score (nSPS) is 13.7. The van der Waals surface area contributed by atoms with Gasteiger partial charge in [0.2, 0.25) is 5.91 Å². The van der Waals surface area contributed by atoms with E-state index in [2.05, 4.69) is 25.6 Å². The SMILES string of the molecule is CC(C)C[C@H](NC(=O)[C@H](Cc1cnc[nH]1)Nc1ccc([N+](=O)[O-])cc1[N+](=O)[O-])[C@@H](O)c1nccs1. The second-order valence-corrected chi connectivity index (χ2v) is 9.18. The molecule has 0 unspecified atom stereocenters. The molecule has 13 nitrogen and oxygen atoms in total. The van der Waals surface area contributed by atoms with E-state index in [9.17, 15) is 30.1 Å². The highest BCUT2D eigenvalue weighted by molar-refractivity contribution is 7.09. The van der Waals surface area contributed by atoms with Crippen LogP contribution in [0.25, 0.3) is 0 Å². The smallest absolute Gasteiger partial charge is 0.299 e. The Labute approximate surface area is 203 Å². The van der Waals surface area contributed by atoms with E-state index in [4.69, 9.17) is 0 Å². The minimum absolute atomic E-state index is 0.0545. The molecule has 0 bridgehead atoms. The number of aromatic amines is 1. The van der Waals surface area contributed by atoms with Crippen molar-refractivity contribution in [1.82, 2.24) is 20.3 Å². The van der Waals surface area contributed by atoms with E-state index < -0.39 is 45.3 Å². The van der Waals surface area contributed by atoms with Crippen LogP contribution in [0.3, 0.4) is 0 Å². The number of aliphatic hydroxyl groups is 1. The molecule has 3 aromatic rings. The Kier molecular flexibility index (Phi) is 8.43. The number of benzene rings is 1. The molecule has 2 heterocycles. The minimum atomic E-state index is -1.04. The molecule has 0 aliphatic heterocycles. The zero-order chi connectivity index (χ0) is 25.5. The quantitative estimate of drug-likeness (QED) is 0.213. The molecule has 186 valence electrons. The lowest BCUT2D eigenvalue weighted by Crippen LogP contribution is -2.48. The number of thiazole rings is 1. The Morgan fingerprint density at radius 3 is 2.60 bits per heavy atom. The summed E-state index contributed by atoms with van der Waals surface area (Å²) in [7, 11) is 0. The summed E-state index contributed by atoms with van der Waals surface area (Å²) in [4.78, 5) is 45.5. The van der Waals surface area contributed by atoms with Crippen molar-refractivity contribution in [2.75, 3.05) is 5.32 Å². The maximum Gasteiger partial charge on any atom is 0.299 e. The van der Waals surface area contributed by atoms with Crippen LogP contribution < -0.4 is 10.6 Å². The molecule has 0 radical (unpaired) electrons. The van der Waals surface area contributed by atoms with Crippen molar-refractivity contribution in [1.29, 1.82) is 0 Å². The molecule has 3 atom stereocenters. The fraction of sp³-hybridized carbons (Fsp3) is 0.381. The van der Waals surface area contributed by atoms with E-state index >= 15 is 0 Å². The topological polar surface area (TPSA) is 189 Å². The van der Waals surface area contributed by atoms with E-state index in [-0.39, 0.29) is 18.0 Å². The first-order valence-electron chi connectivity index (χ1n) is 10.7. The number of nitrogens with zero attached hydrogens (tertiary/aromatic N) is 4. The number of nitro benzene ring substituents is 2. The Morgan fingerprint density at radius 1 is 1.26 bits per heavy atom. The van der Waals surface area contributed by atoms with Gasteiger partial charge in [0.1, 0.15) is 22.8 Å². The molecule has 2 aromatic heterocycles. The van der Waals surface area contributed by atoms with E-state index in [1.165, 1.54) is 29.9 Å². The number of anilines is 1. The summed E-state index contributed by atoms with van der Waals surface area (Å²) in [5.74, 6) is -0.377. The van der Waals surface area contributed by atoms with Crippen molar-refractivity contribution in [3.63, 3.8) is 0 Å². The molecular formula is C21H25N7O6S. The second kappa shape index (κ2) is 11.5. The third kappa shape index (κ3) is 6.80. The highest BCUT2D eigenvalue weighted by Crippen LogP contribution is 2.30. The molecule has 0 aliphatic rings. The predicted molar refractivity (Wildman–Crippen MR) is 128 cm³/mol. The lowest BCUT2D eigenvalue weighted by molar-refractivity contribution is -0.393. The Balaban J connectivity index is 1.89. The number of rotatable bonds is 12. The van der Waals surface area contributed by atoms with Gasteiger partial charge in [0.25, 0.3) is 11.4 Å². The van der Waals surface area contributed by atoms with Crippen LogP contribution in [0.2, 0.25) is 0 Å². The molecule has 1 amide bonds. The van der Waals surface area contributed by atoms with Crippen LogP contribution in [0.15, 0.2) is 42.3 Å². The molecule has 14 heteroatoms. The maximum atomic E-state index is 13.4. The standard InChI is InChI=1S/C21H25N7O6S/c1-12(2)7-16(19(29)21-23-5-6-35-21)26-20(30)17(8-13-10-22-11-24-13)25-15-4-3-14(27(31)32)9-18(15)28(33)34/h3-6,9-12,16-17,19,25,29H,7-8H2,1-2H3,(H,22,24)(H,26,30)/t16-,17-,19+/m0/s1. The number of nitrogens with one attached hydrogen (secondary N) is 3. The Bertz CT molecular complexity index is 1150. The van der Waals surface area contributed by atoms with Gasteiger partial charge in [0.15, 0.2) is 0 Å². The van der Waals surface area contributed by atoms with Crippen LogP contribution in [0, 0.1) is 26.1 Å². The molecular weight excluding hydrogens is 478 g/mol. The number of nitro groups is 2. The first kappa shape index (κ1) is 25.7. The van der Waals surface area contributed by atoms with Crippen molar-refractivity contribution in [3.05, 3.63) is 73.2 Å². The van der Waals surface area contributed by atoms with E-state index in [1.54, 1.807) is 11.6 Å². The van der Waals surface area contributed by atoms with E-state index in [0.29, 0.717) is 17.1 Å². The summed E-state index contributed by atoms with van der Waals surface area (Å²) in [6.07, 6.45) is 4.02. The van der Waals surface area contributed by atoms with E-state index in [1.807, 2.05) is 13.8 Å². The van der Waals surface area contributed by atoms with Gasteiger partial charge in [-0.2, -0.15) is 0 Å². The number of carbonyl (C=O) groups is 1. The van der Waals surface area contributed by atoms with Gasteiger partial charge in [-0.05, 0) is 18.4 Å². The molecule has 0 spiro atoms. The summed E-state index contributed by atoms with van der Waals surface area (Å²) < 4.78 is 0. The first-order chi connectivity index (χ1) is 16.7. The largest absolute Gasteiger partial charge is 0.384 e. The summed E-state index contributed by atoms with van der Waals surface area (Å²) in [6, 6.07) is 1.47. The van der Waals surface area contributed by atoms with Gasteiger partial charge >= 0.3 is 0 Å². The molecule has 35 heavy (non-hydrogen) atoms. The van der Waals surface area contributed by atoms with Crippen LogP contribution in [0.1, 0.15) is 37.1 Å². The molecule has 0 aliphatic carbocycles. The summed E-state index contributed by atoms with van der Waals surface area (Å²) in [5, 5.41) is 41.3. The third-order valence-corrected chi connectivity index (χ3v) is 6.00. The Morgan fingerprint density at radius 2 is 2.03 bits per heavy atom. The van der Waals surface area contributed by atoms with Crippen molar-refractivity contribution in [2.45, 2.75) is 44.9 Å². The molecule has 0 fully saturated rings. The number of hydrogen-bond acceptors (Lipinski definition) is 10. The maximum absolute atomic E-state index is 13.4. The monoisotopic (exact) mass is 503 g/mol. The molecule has 1 aromatic carbocycles. The predicted octanol–water partition coefficient (Wildman–Crippen LogP) is 2.97. The zero-order valence-corrected chi connectivity index (χ0v) is 19.8. The fourth-order valence-electron chi connectivity index (χ4n) is 3.53. The van der Waals surface area contributed by atoms with Gasteiger partial charge in [0, 0.05) is 36.0 Å². The van der Waals surface area contributed by atoms with Gasteiger partial charge < -0.3 is 20.7 Å². The molecule has 3 rings (SSSR count). The number of aromatic nitrogens is 3. The highest BCUT2D eigenvalue weighted by Gasteiger charge is 2.30. The van der Waals surface area contributed by atoms with Crippen molar-refractivity contribution < 1.29 is 19.7 Å². The zero-order valence-electron chi connectivity index (χ0n) is 19.0. The number of non-ortho nitro benzene ring substituents is 1. The van der Waals surface area contributed by atoms with E-state index in [0.717, 1.165) is 12.1 Å². The van der Waals surface area contributed by atoms with Crippen molar-refractivity contribution >= 4 is 34.3 Å². The third-order valence-electron chi connectivity index (χ3n) is 5.15. The number of imidazole rings is 1. The Hall–Kier alpha value is -3.91. The van der Waals surface area contributed by atoms with Crippen molar-refractivity contribution in [3.8, 4) is 0 Å². The van der Waals surface area contributed by atoms with Crippen LogP contribution >= 0.6 is 11.3 Å². The van der Waals surface area contributed by atoms with Gasteiger partial charge in [-0.25, -0.2) is 9.97 Å². The van der Waals surface area contributed by atoms with Crippen LogP contribution in [0.5, 0.6) is 0 Å². The molecule has 0 saturated carbocycles. The second-order valence-electron chi connectivity index (χ2n) is 8.25. The number of aliphatic hydroxyl groups excluding tert-OH is 1. The van der Waals surface area contributed by atoms with Crippen LogP contribution in [-0.2, 0) is 11.2 Å². The van der Waals surface area contributed by atoms with Gasteiger partial charge in [0.05, 0.1) is 28.3 Å². The summed E-state index contributed by atoms with van der Waals surface area (Å²) in [6.45, 7) is 3.91. The average molecular weight is 504 g/mol. The lowest BCUT2D eigenvalue weighted by Gasteiger charge is -2.27. The van der Waals surface area contributed by atoms with Crippen molar-refractivity contribution in [2.24, 2.45) is 5.92 Å². The fourth-order valence-corrected chi connectivity index (χ4v) is 4.22. The number of amides is 1. The van der Waals surface area contributed by atoms with Gasteiger partial charge in [-0.3, -0.25) is 25.0 Å². The number of hydrogen-bond donors (Lipinski definition) is 4. The van der Waals surface area contributed by atoms with Crippen LogP contribution in [0.4, 0.5) is 17.1 Å². The number of carbonyl (C=O) groups excluding carboxylic acids is 1. The first-order valence-corrected chi connectivity index (χ1v) is 11.6. The minimum Gasteiger partial charge on any atom is -0.384 e. The average Bonchev–Trinajstić information content (AvgIpc) is 3.51. The highest BCUT2D eigenvalue weighted by atomic mass is 32.1. The molecule has 0 saturated heterocycles. The summed E-state index contributed by atoms with van der Waals surface area (Å²) in [5.41, 5.74) is -0.451.